The summed E-state index contributed by atoms with van der Waals surface area (Å²) >= 11 is 5.98. The SMILES string of the molecule is Cc1ccc(Cl)c2c(=O)cc(C(=O)O)n(C)c12. The van der Waals surface area contributed by atoms with Crippen LogP contribution in [0.15, 0.2) is 23.0 Å². The van der Waals surface area contributed by atoms with Gasteiger partial charge in [-0.15, -0.1) is 0 Å². The molecular weight excluding hydrogens is 242 g/mol. The Hall–Kier alpha value is -1.81. The number of pyridine rings is 1. The van der Waals surface area contributed by atoms with Crippen molar-refractivity contribution in [3.05, 3.63) is 44.7 Å². The van der Waals surface area contributed by atoms with Crippen LogP contribution in [0.4, 0.5) is 0 Å². The Morgan fingerprint density at radius 2 is 2.06 bits per heavy atom. The highest BCUT2D eigenvalue weighted by molar-refractivity contribution is 6.35. The van der Waals surface area contributed by atoms with Crippen LogP contribution in [0.3, 0.4) is 0 Å². The molecule has 4 nitrogen and oxygen atoms in total. The lowest BCUT2D eigenvalue weighted by atomic mass is 10.1. The normalized spacial score (nSPS) is 10.8. The quantitative estimate of drug-likeness (QED) is 0.845. The fourth-order valence-electron chi connectivity index (χ4n) is 1.96. The van der Waals surface area contributed by atoms with Crippen molar-refractivity contribution in [1.82, 2.24) is 4.57 Å². The van der Waals surface area contributed by atoms with Crippen LogP contribution in [0.5, 0.6) is 0 Å². The van der Waals surface area contributed by atoms with E-state index in [4.69, 9.17) is 16.7 Å². The summed E-state index contributed by atoms with van der Waals surface area (Å²) < 4.78 is 1.47. The maximum Gasteiger partial charge on any atom is 0.352 e. The molecule has 2 rings (SSSR count). The van der Waals surface area contributed by atoms with Crippen LogP contribution in [0.25, 0.3) is 10.9 Å². The molecule has 0 aliphatic rings. The van der Waals surface area contributed by atoms with Gasteiger partial charge in [-0.25, -0.2) is 4.79 Å². The Bertz CT molecular complexity index is 688. The highest BCUT2D eigenvalue weighted by Gasteiger charge is 2.15. The van der Waals surface area contributed by atoms with Gasteiger partial charge in [-0.05, 0) is 18.6 Å². The minimum Gasteiger partial charge on any atom is -0.477 e. The lowest BCUT2D eigenvalue weighted by molar-refractivity contribution is 0.0686. The molecule has 1 aromatic carbocycles. The zero-order valence-electron chi connectivity index (χ0n) is 9.32. The standard InChI is InChI=1S/C12H10ClNO3/c1-6-3-4-7(13)10-9(15)5-8(12(16)17)14(2)11(6)10/h3-5H,1-2H3,(H,16,17). The summed E-state index contributed by atoms with van der Waals surface area (Å²) in [6, 6.07) is 4.49. The second kappa shape index (κ2) is 3.89. The monoisotopic (exact) mass is 251 g/mol. The van der Waals surface area contributed by atoms with Crippen LogP contribution in [0.1, 0.15) is 16.1 Å². The molecule has 17 heavy (non-hydrogen) atoms. The number of rotatable bonds is 1. The summed E-state index contributed by atoms with van der Waals surface area (Å²) in [4.78, 5) is 22.9. The van der Waals surface area contributed by atoms with Crippen LogP contribution in [-0.4, -0.2) is 15.6 Å². The third-order valence-corrected chi connectivity index (χ3v) is 3.07. The van der Waals surface area contributed by atoms with Crippen molar-refractivity contribution in [2.45, 2.75) is 6.92 Å². The zero-order chi connectivity index (χ0) is 12.7. The number of nitrogens with zero attached hydrogens (tertiary/aromatic N) is 1. The third-order valence-electron chi connectivity index (χ3n) is 2.76. The van der Waals surface area contributed by atoms with Gasteiger partial charge >= 0.3 is 5.97 Å². The summed E-state index contributed by atoms with van der Waals surface area (Å²) in [5.41, 5.74) is 0.951. The molecule has 0 bridgehead atoms. The number of halogens is 1. The minimum atomic E-state index is -1.13. The Morgan fingerprint density at radius 1 is 1.41 bits per heavy atom. The van der Waals surface area contributed by atoms with Gasteiger partial charge in [0, 0.05) is 13.1 Å². The molecule has 0 fully saturated rings. The van der Waals surface area contributed by atoms with E-state index >= 15 is 0 Å². The van der Waals surface area contributed by atoms with E-state index in [1.165, 1.54) is 4.57 Å². The Balaban J connectivity index is 3.09. The molecular formula is C12H10ClNO3. The van der Waals surface area contributed by atoms with Gasteiger partial charge in [-0.3, -0.25) is 4.79 Å². The van der Waals surface area contributed by atoms with E-state index in [0.717, 1.165) is 11.6 Å². The number of carboxylic acid groups (broad SMARTS) is 1. The molecule has 0 amide bonds. The molecule has 1 heterocycles. The van der Waals surface area contributed by atoms with Crippen molar-refractivity contribution in [3.8, 4) is 0 Å². The van der Waals surface area contributed by atoms with Gasteiger partial charge in [0.1, 0.15) is 5.69 Å². The molecule has 0 atom stereocenters. The summed E-state index contributed by atoms with van der Waals surface area (Å²) in [5, 5.41) is 9.71. The van der Waals surface area contributed by atoms with Crippen LogP contribution in [-0.2, 0) is 7.05 Å². The topological polar surface area (TPSA) is 59.3 Å². The van der Waals surface area contributed by atoms with Crippen molar-refractivity contribution >= 4 is 28.5 Å². The summed E-state index contributed by atoms with van der Waals surface area (Å²) in [6.07, 6.45) is 0. The van der Waals surface area contributed by atoms with E-state index in [0.29, 0.717) is 15.9 Å². The molecule has 88 valence electrons. The van der Waals surface area contributed by atoms with Gasteiger partial charge in [0.05, 0.1) is 15.9 Å². The third kappa shape index (κ3) is 1.70. The molecule has 0 aliphatic carbocycles. The van der Waals surface area contributed by atoms with E-state index in [1.807, 2.05) is 6.92 Å². The van der Waals surface area contributed by atoms with E-state index in [9.17, 15) is 9.59 Å². The van der Waals surface area contributed by atoms with Crippen LogP contribution in [0.2, 0.25) is 5.02 Å². The number of aryl methyl sites for hydroxylation is 2. The van der Waals surface area contributed by atoms with E-state index in [1.54, 1.807) is 19.2 Å². The lowest BCUT2D eigenvalue weighted by Gasteiger charge is -2.12. The average Bonchev–Trinajstić information content (AvgIpc) is 2.26. The molecule has 0 radical (unpaired) electrons. The summed E-state index contributed by atoms with van der Waals surface area (Å²) in [6.45, 7) is 1.81. The number of aromatic nitrogens is 1. The smallest absolute Gasteiger partial charge is 0.352 e. The minimum absolute atomic E-state index is 0.0483. The first-order valence-corrected chi connectivity index (χ1v) is 5.33. The first-order valence-electron chi connectivity index (χ1n) is 4.95. The fourth-order valence-corrected chi connectivity index (χ4v) is 2.20. The van der Waals surface area contributed by atoms with Crippen molar-refractivity contribution in [2.24, 2.45) is 7.05 Å². The van der Waals surface area contributed by atoms with E-state index in [-0.39, 0.29) is 11.1 Å². The summed E-state index contributed by atoms with van der Waals surface area (Å²) in [7, 11) is 1.61. The number of carbonyl (C=O) groups is 1. The second-order valence-electron chi connectivity index (χ2n) is 3.85. The van der Waals surface area contributed by atoms with E-state index < -0.39 is 5.97 Å². The second-order valence-corrected chi connectivity index (χ2v) is 4.25. The molecule has 2 aromatic rings. The van der Waals surface area contributed by atoms with Crippen molar-refractivity contribution < 1.29 is 9.90 Å². The van der Waals surface area contributed by atoms with Crippen LogP contribution >= 0.6 is 11.6 Å². The number of fused-ring (bicyclic) bond motifs is 1. The van der Waals surface area contributed by atoms with Crippen molar-refractivity contribution in [3.63, 3.8) is 0 Å². The van der Waals surface area contributed by atoms with Crippen LogP contribution in [0, 0.1) is 6.92 Å². The van der Waals surface area contributed by atoms with Gasteiger partial charge in [0.2, 0.25) is 0 Å². The molecule has 1 aromatic heterocycles. The first-order chi connectivity index (χ1) is 7.93. The Morgan fingerprint density at radius 3 is 2.65 bits per heavy atom. The fraction of sp³-hybridized carbons (Fsp3) is 0.167. The molecule has 5 heteroatoms. The molecule has 1 N–H and O–H groups in total. The Labute approximate surface area is 102 Å². The van der Waals surface area contributed by atoms with Gasteiger partial charge < -0.3 is 9.67 Å². The number of carboxylic acids is 1. The maximum absolute atomic E-state index is 11.9. The lowest BCUT2D eigenvalue weighted by Crippen LogP contribution is -2.16. The number of benzene rings is 1. The van der Waals surface area contributed by atoms with Crippen molar-refractivity contribution in [1.29, 1.82) is 0 Å². The molecule has 0 unspecified atom stereocenters. The number of hydrogen-bond acceptors (Lipinski definition) is 2. The first kappa shape index (κ1) is 11.7. The largest absolute Gasteiger partial charge is 0.477 e. The molecule has 0 saturated heterocycles. The highest BCUT2D eigenvalue weighted by Crippen LogP contribution is 2.23. The highest BCUT2D eigenvalue weighted by atomic mass is 35.5. The van der Waals surface area contributed by atoms with E-state index in [2.05, 4.69) is 0 Å². The number of hydrogen-bond donors (Lipinski definition) is 1. The molecule has 0 aliphatic heterocycles. The zero-order valence-corrected chi connectivity index (χ0v) is 10.1. The number of aromatic carboxylic acids is 1. The van der Waals surface area contributed by atoms with Gasteiger partial charge in [0.25, 0.3) is 0 Å². The van der Waals surface area contributed by atoms with Gasteiger partial charge in [-0.1, -0.05) is 17.7 Å². The van der Waals surface area contributed by atoms with Gasteiger partial charge in [0.15, 0.2) is 5.43 Å². The molecule has 0 saturated carbocycles. The maximum atomic E-state index is 11.9. The van der Waals surface area contributed by atoms with Crippen LogP contribution < -0.4 is 5.43 Å². The van der Waals surface area contributed by atoms with Gasteiger partial charge in [-0.2, -0.15) is 0 Å². The Kier molecular flexibility index (Phi) is 2.67. The summed E-state index contributed by atoms with van der Waals surface area (Å²) in [5.74, 6) is -1.13. The average molecular weight is 252 g/mol. The predicted molar refractivity (Wildman–Crippen MR) is 65.9 cm³/mol. The van der Waals surface area contributed by atoms with Crippen molar-refractivity contribution in [2.75, 3.05) is 0 Å². The predicted octanol–water partition coefficient (Wildman–Crippen LogP) is 2.20. The molecule has 0 spiro atoms.